The fraction of sp³-hybridized carbons (Fsp3) is 0.167. The summed E-state index contributed by atoms with van der Waals surface area (Å²) in [5.74, 6) is -0.536. The smallest absolute Gasteiger partial charge is 0.343 e. The summed E-state index contributed by atoms with van der Waals surface area (Å²) < 4.78 is 0. The quantitative estimate of drug-likeness (QED) is 0.692. The molecule has 3 amide bonds. The zero-order chi connectivity index (χ0) is 20.0. The van der Waals surface area contributed by atoms with Gasteiger partial charge in [0.15, 0.2) is 6.04 Å². The second kappa shape index (κ2) is 6.87. The van der Waals surface area contributed by atoms with Crippen molar-refractivity contribution in [3.05, 3.63) is 45.9 Å². The molecule has 10 heteroatoms. The normalized spacial score (nSPS) is 18.7. The lowest BCUT2D eigenvalue weighted by Crippen LogP contribution is -2.64. The molecular weight excluding hydrogens is 405 g/mol. The van der Waals surface area contributed by atoms with E-state index in [2.05, 4.69) is 10.7 Å². The molecular formula is C18H13Cl2N5O3. The Labute approximate surface area is 169 Å². The van der Waals surface area contributed by atoms with Crippen LogP contribution >= 0.6 is 23.2 Å². The number of benzene rings is 2. The molecule has 4 rings (SSSR count). The highest BCUT2D eigenvalue weighted by molar-refractivity contribution is 6.40. The minimum absolute atomic E-state index is 0.192. The number of hydrazine groups is 1. The number of aromatic hydroxyl groups is 1. The summed E-state index contributed by atoms with van der Waals surface area (Å²) in [7, 11) is 0. The summed E-state index contributed by atoms with van der Waals surface area (Å²) in [6, 6.07) is 7.95. The molecule has 1 saturated heterocycles. The summed E-state index contributed by atoms with van der Waals surface area (Å²) in [6.07, 6.45) is 0.722. The number of carbonyl (C=O) groups excluding carboxylic acids is 2. The van der Waals surface area contributed by atoms with E-state index in [4.69, 9.17) is 28.5 Å². The lowest BCUT2D eigenvalue weighted by Gasteiger charge is -2.31. The molecule has 2 aliphatic rings. The molecule has 28 heavy (non-hydrogen) atoms. The van der Waals surface area contributed by atoms with Crippen LogP contribution in [-0.4, -0.2) is 29.6 Å². The fourth-order valence-electron chi connectivity index (χ4n) is 3.32. The average molecular weight is 418 g/mol. The molecule has 0 spiro atoms. The zero-order valence-corrected chi connectivity index (χ0v) is 15.8. The summed E-state index contributed by atoms with van der Waals surface area (Å²) in [6.45, 7) is 0.630. The Morgan fingerprint density at radius 3 is 2.57 bits per heavy atom. The second-order valence-electron chi connectivity index (χ2n) is 6.29. The lowest BCUT2D eigenvalue weighted by molar-refractivity contribution is -0.121. The van der Waals surface area contributed by atoms with Gasteiger partial charge in [0.05, 0.1) is 27.5 Å². The highest BCUT2D eigenvalue weighted by Gasteiger charge is 2.34. The molecule has 0 aromatic heterocycles. The Morgan fingerprint density at radius 2 is 1.89 bits per heavy atom. The molecule has 2 aromatic carbocycles. The van der Waals surface area contributed by atoms with Gasteiger partial charge in [-0.05, 0) is 42.3 Å². The number of phenolic OH excluding ortho intramolecular Hbond substituents is 1. The minimum atomic E-state index is -1.21. The van der Waals surface area contributed by atoms with Crippen molar-refractivity contribution >= 4 is 52.2 Å². The Bertz CT molecular complexity index is 1030. The molecule has 1 unspecified atom stereocenters. The third-order valence-electron chi connectivity index (χ3n) is 4.57. The first kappa shape index (κ1) is 18.4. The first-order valence-corrected chi connectivity index (χ1v) is 9.04. The predicted octanol–water partition coefficient (Wildman–Crippen LogP) is 2.85. The van der Waals surface area contributed by atoms with E-state index < -0.39 is 18.0 Å². The van der Waals surface area contributed by atoms with Gasteiger partial charge in [0.25, 0.3) is 5.91 Å². The number of anilines is 3. The largest absolute Gasteiger partial charge is 0.508 e. The number of hydrogen-bond acceptors (Lipinski definition) is 6. The van der Waals surface area contributed by atoms with E-state index in [-0.39, 0.29) is 11.4 Å². The molecule has 142 valence electrons. The Morgan fingerprint density at radius 1 is 1.18 bits per heavy atom. The van der Waals surface area contributed by atoms with E-state index >= 15 is 0 Å². The molecule has 0 bridgehead atoms. The van der Waals surface area contributed by atoms with E-state index in [1.165, 1.54) is 12.1 Å². The van der Waals surface area contributed by atoms with E-state index in [1.807, 2.05) is 4.90 Å². The average Bonchev–Trinajstić information content (AvgIpc) is 3.04. The van der Waals surface area contributed by atoms with Gasteiger partial charge in [-0.2, -0.15) is 10.7 Å². The van der Waals surface area contributed by atoms with Gasteiger partial charge in [-0.25, -0.2) is 9.80 Å². The summed E-state index contributed by atoms with van der Waals surface area (Å²) in [5, 5.41) is 22.4. The van der Waals surface area contributed by atoms with Crippen molar-refractivity contribution in [2.75, 3.05) is 16.5 Å². The van der Waals surface area contributed by atoms with Gasteiger partial charge in [0.2, 0.25) is 0 Å². The third-order valence-corrected chi connectivity index (χ3v) is 5.15. The van der Waals surface area contributed by atoms with Crippen LogP contribution in [0.15, 0.2) is 30.3 Å². The van der Waals surface area contributed by atoms with E-state index in [0.29, 0.717) is 22.3 Å². The number of fused-ring (bicyclic) bond motifs is 1. The molecule has 1 atom stereocenters. The number of phenols is 1. The Hall–Kier alpha value is -2.99. The lowest BCUT2D eigenvalue weighted by atomic mass is 10.1. The number of halogens is 2. The number of nitrogens with zero attached hydrogens (tertiary/aromatic N) is 3. The van der Waals surface area contributed by atoms with E-state index in [9.17, 15) is 14.7 Å². The van der Waals surface area contributed by atoms with Gasteiger partial charge >= 0.3 is 6.03 Å². The van der Waals surface area contributed by atoms with Crippen LogP contribution in [0.1, 0.15) is 5.56 Å². The molecule has 8 nitrogen and oxygen atoms in total. The van der Waals surface area contributed by atoms with Crippen LogP contribution in [-0.2, 0) is 11.2 Å². The SMILES string of the molecule is N#CC1NN(c2cc(Cl)c(N3CCc4cc(O)ccc43)c(Cl)c2)C(=O)NC1=O. The molecule has 2 aliphatic heterocycles. The molecule has 0 aliphatic carbocycles. The van der Waals surface area contributed by atoms with Gasteiger partial charge < -0.3 is 10.0 Å². The third kappa shape index (κ3) is 2.99. The molecule has 2 aromatic rings. The van der Waals surface area contributed by atoms with Crippen LogP contribution in [0.3, 0.4) is 0 Å². The van der Waals surface area contributed by atoms with Crippen LogP contribution < -0.4 is 20.7 Å². The number of nitrogens with one attached hydrogen (secondary N) is 2. The van der Waals surface area contributed by atoms with Crippen LogP contribution in [0, 0.1) is 11.3 Å². The Balaban J connectivity index is 1.70. The predicted molar refractivity (Wildman–Crippen MR) is 104 cm³/mol. The highest BCUT2D eigenvalue weighted by Crippen LogP contribution is 2.44. The zero-order valence-electron chi connectivity index (χ0n) is 14.2. The number of amides is 3. The minimum Gasteiger partial charge on any atom is -0.508 e. The van der Waals surface area contributed by atoms with Gasteiger partial charge in [0, 0.05) is 12.2 Å². The van der Waals surface area contributed by atoms with E-state index in [1.54, 1.807) is 24.3 Å². The van der Waals surface area contributed by atoms with Crippen molar-refractivity contribution in [3.63, 3.8) is 0 Å². The van der Waals surface area contributed by atoms with Crippen LogP contribution in [0.5, 0.6) is 5.75 Å². The maximum atomic E-state index is 12.1. The fourth-order valence-corrected chi connectivity index (χ4v) is 4.00. The van der Waals surface area contributed by atoms with Gasteiger partial charge in [-0.15, -0.1) is 0 Å². The molecule has 0 radical (unpaired) electrons. The van der Waals surface area contributed by atoms with Crippen molar-refractivity contribution < 1.29 is 14.7 Å². The number of nitriles is 1. The Kier molecular flexibility index (Phi) is 4.51. The maximum Gasteiger partial charge on any atom is 0.343 e. The first-order valence-electron chi connectivity index (χ1n) is 8.28. The van der Waals surface area contributed by atoms with Gasteiger partial charge in [-0.3, -0.25) is 10.1 Å². The number of urea groups is 1. The van der Waals surface area contributed by atoms with Crippen molar-refractivity contribution in [1.29, 1.82) is 5.26 Å². The second-order valence-corrected chi connectivity index (χ2v) is 7.11. The molecule has 2 heterocycles. The summed E-state index contributed by atoms with van der Waals surface area (Å²) in [5.41, 5.74) is 5.26. The van der Waals surface area contributed by atoms with Crippen molar-refractivity contribution in [1.82, 2.24) is 10.7 Å². The van der Waals surface area contributed by atoms with E-state index in [0.717, 1.165) is 22.7 Å². The maximum absolute atomic E-state index is 12.1. The monoisotopic (exact) mass is 417 g/mol. The van der Waals surface area contributed by atoms with Gasteiger partial charge in [-0.1, -0.05) is 23.2 Å². The molecule has 3 N–H and O–H groups in total. The number of carbonyl (C=O) groups is 2. The molecule has 0 saturated carbocycles. The van der Waals surface area contributed by atoms with Crippen molar-refractivity contribution in [3.8, 4) is 11.8 Å². The topological polar surface area (TPSA) is 109 Å². The van der Waals surface area contributed by atoms with Crippen LogP contribution in [0.25, 0.3) is 0 Å². The number of rotatable bonds is 2. The van der Waals surface area contributed by atoms with Gasteiger partial charge in [0.1, 0.15) is 5.75 Å². The molecule has 1 fully saturated rings. The standard InChI is InChI=1S/C18H13Cl2N5O3/c19-12-6-10(25-18(28)22-17(27)14(8-21)23-25)7-13(20)16(12)24-4-3-9-5-11(26)1-2-15(9)24/h1-2,5-7,14,23,26H,3-4H2,(H,22,27,28). The summed E-state index contributed by atoms with van der Waals surface area (Å²) >= 11 is 13.0. The van der Waals surface area contributed by atoms with Crippen LogP contribution in [0.2, 0.25) is 10.0 Å². The van der Waals surface area contributed by atoms with Crippen molar-refractivity contribution in [2.45, 2.75) is 12.5 Å². The number of hydrogen-bond donors (Lipinski definition) is 3. The van der Waals surface area contributed by atoms with Crippen molar-refractivity contribution in [2.24, 2.45) is 0 Å². The van der Waals surface area contributed by atoms with Crippen LogP contribution in [0.4, 0.5) is 21.9 Å². The first-order chi connectivity index (χ1) is 13.4. The summed E-state index contributed by atoms with van der Waals surface area (Å²) in [4.78, 5) is 25.7. The number of imide groups is 1. The highest BCUT2D eigenvalue weighted by atomic mass is 35.5.